The van der Waals surface area contributed by atoms with Crippen LogP contribution in [0.5, 0.6) is 0 Å². The molecule has 0 radical (unpaired) electrons. The number of ether oxygens (including phenoxy) is 1. The van der Waals surface area contributed by atoms with E-state index in [-0.39, 0.29) is 12.2 Å². The number of hydrogen-bond donors (Lipinski definition) is 2. The van der Waals surface area contributed by atoms with Gasteiger partial charge in [0.05, 0.1) is 25.8 Å². The molecule has 0 aromatic rings. The Kier molecular flexibility index (Phi) is 13.2. The van der Waals surface area contributed by atoms with Crippen LogP contribution in [0.25, 0.3) is 0 Å². The minimum atomic E-state index is 0.0348. The van der Waals surface area contributed by atoms with Crippen LogP contribution in [0, 0.1) is 0 Å². The summed E-state index contributed by atoms with van der Waals surface area (Å²) >= 11 is 0. The van der Waals surface area contributed by atoms with Gasteiger partial charge in [-0.15, -0.1) is 0 Å². The molecule has 0 atom stereocenters. The molecule has 33 heavy (non-hydrogen) atoms. The van der Waals surface area contributed by atoms with E-state index in [9.17, 15) is 4.79 Å². The van der Waals surface area contributed by atoms with Crippen molar-refractivity contribution in [3.05, 3.63) is 71.3 Å². The number of aliphatic imine (C=N–C) groups is 2. The quantitative estimate of drug-likeness (QED) is 0.134. The molecule has 1 aliphatic rings. The number of ketones is 1. The van der Waals surface area contributed by atoms with Crippen LogP contribution in [0.3, 0.4) is 0 Å². The fourth-order valence-corrected chi connectivity index (χ4v) is 3.17. The first-order valence-corrected chi connectivity index (χ1v) is 11.5. The minimum Gasteiger partial charge on any atom is -0.501 e. The number of amidine groups is 2. The molecular formula is C27H40N4O2. The zero-order valence-corrected chi connectivity index (χ0v) is 21.1. The van der Waals surface area contributed by atoms with Gasteiger partial charge in [-0.1, -0.05) is 50.3 Å². The summed E-state index contributed by atoms with van der Waals surface area (Å²) in [7, 11) is 3.35. The molecule has 0 fully saturated rings. The summed E-state index contributed by atoms with van der Waals surface area (Å²) in [6.45, 7) is 12.8. The van der Waals surface area contributed by atoms with Gasteiger partial charge in [-0.3, -0.25) is 9.79 Å². The highest BCUT2D eigenvalue weighted by Crippen LogP contribution is 2.16. The van der Waals surface area contributed by atoms with E-state index in [1.165, 1.54) is 11.1 Å². The van der Waals surface area contributed by atoms with Crippen LogP contribution in [-0.2, 0) is 9.53 Å². The van der Waals surface area contributed by atoms with Gasteiger partial charge in [0.15, 0.2) is 5.78 Å². The minimum absolute atomic E-state index is 0.0348. The topological polar surface area (TPSA) is 75.1 Å². The number of rotatable bonds is 12. The van der Waals surface area contributed by atoms with Gasteiger partial charge in [0, 0.05) is 37.4 Å². The van der Waals surface area contributed by atoms with Crippen molar-refractivity contribution in [1.82, 2.24) is 10.6 Å². The first kappa shape index (κ1) is 27.9. The summed E-state index contributed by atoms with van der Waals surface area (Å²) in [5, 5.41) is 6.78. The van der Waals surface area contributed by atoms with Gasteiger partial charge in [0.25, 0.3) is 0 Å². The molecule has 6 nitrogen and oxygen atoms in total. The third-order valence-corrected chi connectivity index (χ3v) is 5.31. The zero-order valence-electron chi connectivity index (χ0n) is 21.1. The van der Waals surface area contributed by atoms with Crippen molar-refractivity contribution in [2.75, 3.05) is 20.7 Å². The van der Waals surface area contributed by atoms with Crippen LogP contribution >= 0.6 is 0 Å². The molecule has 1 heterocycles. The third kappa shape index (κ3) is 10.3. The maximum Gasteiger partial charge on any atom is 0.164 e. The van der Waals surface area contributed by atoms with Crippen molar-refractivity contribution < 1.29 is 9.53 Å². The molecule has 1 aliphatic heterocycles. The molecule has 1 rings (SSSR count). The normalized spacial score (nSPS) is 17.6. The van der Waals surface area contributed by atoms with Gasteiger partial charge in [-0.25, -0.2) is 4.99 Å². The maximum absolute atomic E-state index is 12.3. The van der Waals surface area contributed by atoms with Crippen molar-refractivity contribution >= 4 is 17.5 Å². The Hall–Kier alpha value is -3.15. The van der Waals surface area contributed by atoms with Gasteiger partial charge >= 0.3 is 0 Å². The highest BCUT2D eigenvalue weighted by molar-refractivity contribution is 6.12. The van der Waals surface area contributed by atoms with E-state index in [0.717, 1.165) is 30.0 Å². The summed E-state index contributed by atoms with van der Waals surface area (Å²) in [6, 6.07) is 0. The van der Waals surface area contributed by atoms with E-state index in [1.807, 2.05) is 18.2 Å². The lowest BCUT2D eigenvalue weighted by atomic mass is 10.0. The first-order valence-electron chi connectivity index (χ1n) is 11.5. The molecule has 0 aliphatic carbocycles. The maximum atomic E-state index is 12.3. The van der Waals surface area contributed by atoms with Crippen LogP contribution < -0.4 is 10.6 Å². The average Bonchev–Trinajstić information content (AvgIpc) is 2.81. The first-order chi connectivity index (χ1) is 15.9. The number of carbonyl (C=O) groups excluding carboxylic acids is 1. The monoisotopic (exact) mass is 452 g/mol. The Bertz CT molecular complexity index is 899. The van der Waals surface area contributed by atoms with Crippen molar-refractivity contribution in [2.45, 2.75) is 59.8 Å². The van der Waals surface area contributed by atoms with Gasteiger partial charge in [0.2, 0.25) is 0 Å². The van der Waals surface area contributed by atoms with Crippen molar-refractivity contribution in [3.63, 3.8) is 0 Å². The predicted octanol–water partition coefficient (Wildman–Crippen LogP) is 5.54. The second-order valence-electron chi connectivity index (χ2n) is 7.73. The smallest absolute Gasteiger partial charge is 0.164 e. The van der Waals surface area contributed by atoms with Crippen LogP contribution in [0.2, 0.25) is 0 Å². The summed E-state index contributed by atoms with van der Waals surface area (Å²) in [5.41, 5.74) is 4.51. The molecule has 0 saturated heterocycles. The number of allylic oxidation sites excluding steroid dienone is 7. The van der Waals surface area contributed by atoms with Crippen molar-refractivity contribution in [2.24, 2.45) is 9.98 Å². The van der Waals surface area contributed by atoms with E-state index in [2.05, 4.69) is 61.0 Å². The molecule has 0 spiro atoms. The predicted molar refractivity (Wildman–Crippen MR) is 140 cm³/mol. The highest BCUT2D eigenvalue weighted by Gasteiger charge is 2.16. The second kappa shape index (κ2) is 15.6. The highest BCUT2D eigenvalue weighted by atomic mass is 16.5. The molecule has 0 unspecified atom stereocenters. The van der Waals surface area contributed by atoms with Gasteiger partial charge in [-0.05, 0) is 38.3 Å². The number of nitrogens with zero attached hydrogens (tertiary/aromatic N) is 2. The summed E-state index contributed by atoms with van der Waals surface area (Å²) in [5.74, 6) is 2.15. The number of carbonyl (C=O) groups is 1. The van der Waals surface area contributed by atoms with Crippen LogP contribution in [0.15, 0.2) is 81.3 Å². The Morgan fingerprint density at radius 1 is 1.27 bits per heavy atom. The van der Waals surface area contributed by atoms with Crippen LogP contribution in [0.4, 0.5) is 0 Å². The summed E-state index contributed by atoms with van der Waals surface area (Å²) < 4.78 is 5.27. The summed E-state index contributed by atoms with van der Waals surface area (Å²) in [4.78, 5) is 21.2. The number of methoxy groups -OCH3 is 1. The standard InChI is InChI=1S/C27H40N4O2/c1-8-13-24(33-7)15-11-12-16-26(28-6)31-27-18-23(32)17-22(30-27)19-29-25(14-9-2)21(5)20(4)10-3/h8,11-14,17,29H,1,9-10,15-16,18-19H2,2-7H3,(H,28,30,31)/b12-11-,21-20-,24-13+,25-14+. The fourth-order valence-electron chi connectivity index (χ4n) is 3.17. The summed E-state index contributed by atoms with van der Waals surface area (Å²) in [6.07, 6.45) is 14.8. The Labute approximate surface area is 199 Å². The largest absolute Gasteiger partial charge is 0.501 e. The molecule has 0 saturated carbocycles. The molecular weight excluding hydrogens is 412 g/mol. The third-order valence-electron chi connectivity index (χ3n) is 5.31. The SMILES string of the molecule is C=C/C=C(\C/C=C\CC(=NC)N=C1CC(=O)C=C(CNC(=C/CC)/C(C)=C(/C)CC)N1)OC. The molecule has 180 valence electrons. The van der Waals surface area contributed by atoms with E-state index >= 15 is 0 Å². The Balaban J connectivity index is 2.82. The number of hydrogen-bond acceptors (Lipinski definition) is 4. The lowest BCUT2D eigenvalue weighted by Crippen LogP contribution is -2.35. The lowest BCUT2D eigenvalue weighted by molar-refractivity contribution is -0.113. The van der Waals surface area contributed by atoms with Crippen LogP contribution in [0.1, 0.15) is 59.8 Å². The average molecular weight is 453 g/mol. The number of nitrogens with one attached hydrogen (secondary N) is 2. The van der Waals surface area contributed by atoms with Crippen molar-refractivity contribution in [3.8, 4) is 0 Å². The molecule has 0 amide bonds. The van der Waals surface area contributed by atoms with E-state index < -0.39 is 0 Å². The van der Waals surface area contributed by atoms with Crippen molar-refractivity contribution in [1.29, 1.82) is 0 Å². The Morgan fingerprint density at radius 2 is 2.00 bits per heavy atom. The van der Waals surface area contributed by atoms with E-state index in [4.69, 9.17) is 4.74 Å². The second-order valence-corrected chi connectivity index (χ2v) is 7.73. The van der Waals surface area contributed by atoms with Gasteiger partial charge < -0.3 is 15.4 Å². The molecule has 0 aromatic heterocycles. The molecule has 0 bridgehead atoms. The van der Waals surface area contributed by atoms with E-state index in [0.29, 0.717) is 31.1 Å². The molecule has 2 N–H and O–H groups in total. The molecule has 0 aromatic carbocycles. The Morgan fingerprint density at radius 3 is 2.61 bits per heavy atom. The molecule has 6 heteroatoms. The lowest BCUT2D eigenvalue weighted by Gasteiger charge is -2.20. The zero-order chi connectivity index (χ0) is 24.6. The van der Waals surface area contributed by atoms with Crippen LogP contribution in [-0.4, -0.2) is 38.2 Å². The van der Waals surface area contributed by atoms with E-state index in [1.54, 1.807) is 26.3 Å². The fraction of sp³-hybridized carbons (Fsp3) is 0.444. The van der Waals surface area contributed by atoms with Gasteiger partial charge in [0.1, 0.15) is 11.7 Å². The van der Waals surface area contributed by atoms with Gasteiger partial charge in [-0.2, -0.15) is 0 Å².